The molecule has 0 radical (unpaired) electrons. The highest BCUT2D eigenvalue weighted by molar-refractivity contribution is 7.89. The largest absolute Gasteiger partial charge is 0.619 e. The number of alkyl halides is 2. The molecule has 2 N–H and O–H groups in total. The van der Waals surface area contributed by atoms with Gasteiger partial charge >= 0.3 is 18.6 Å². The van der Waals surface area contributed by atoms with Crippen LogP contribution in [-0.2, 0) is 35.5 Å². The molecule has 1 aliphatic carbocycles. The number of pyridine rings is 1. The molecule has 1 amide bonds. The van der Waals surface area contributed by atoms with Gasteiger partial charge in [-0.15, -0.1) is 0 Å². The minimum atomic E-state index is -4.39. The third kappa shape index (κ3) is 11.7. The zero-order valence-electron chi connectivity index (χ0n) is 33.2. The third-order valence-electron chi connectivity index (χ3n) is 11.0. The number of ether oxygens (including phenoxy) is 4. The van der Waals surface area contributed by atoms with Crippen LogP contribution in [0.25, 0.3) is 0 Å². The lowest BCUT2D eigenvalue weighted by atomic mass is 9.86. The van der Waals surface area contributed by atoms with Crippen LogP contribution in [0.2, 0.25) is 10.0 Å². The lowest BCUT2D eigenvalue weighted by Gasteiger charge is -2.44. The fraction of sp³-hybridized carbons (Fsp3) is 0.395. The highest BCUT2D eigenvalue weighted by Crippen LogP contribution is 2.38. The van der Waals surface area contributed by atoms with Crippen molar-refractivity contribution in [2.45, 2.75) is 68.3 Å². The molecule has 4 heterocycles. The van der Waals surface area contributed by atoms with E-state index in [-0.39, 0.29) is 81.5 Å². The van der Waals surface area contributed by atoms with E-state index in [9.17, 15) is 36.8 Å². The summed E-state index contributed by atoms with van der Waals surface area (Å²) in [5.74, 6) is -1.95. The number of sulfonamides is 1. The van der Waals surface area contributed by atoms with E-state index < -0.39 is 46.6 Å². The summed E-state index contributed by atoms with van der Waals surface area (Å²) in [4.78, 5) is 42.2. The average Bonchev–Trinajstić information content (AvgIpc) is 4.09. The van der Waals surface area contributed by atoms with Crippen LogP contribution < -0.4 is 24.2 Å². The summed E-state index contributed by atoms with van der Waals surface area (Å²) in [7, 11) is -4.39. The molecule has 19 heteroatoms. The molecule has 2 bridgehead atoms. The number of amides is 1. The SMILES string of the molecule is O=C(CCNC(=O)c1cccc(S(=O)(=O)NC(C(=O)O[C@H]2CN3CCC2CC3)c2ccccc2)c1)O[C@@H](Cc1c(Cl)c[n+]([O-])cc1Cl)c1ccc(OC(F)F)c(OCC2CC2)c1. The zero-order chi connectivity index (χ0) is 44.0. The number of esters is 2. The van der Waals surface area contributed by atoms with Crippen molar-refractivity contribution in [3.8, 4) is 11.5 Å². The van der Waals surface area contributed by atoms with E-state index in [0.29, 0.717) is 22.4 Å². The molecule has 62 heavy (non-hydrogen) atoms. The summed E-state index contributed by atoms with van der Waals surface area (Å²) in [6.45, 7) is -0.635. The molecule has 3 aliphatic heterocycles. The highest BCUT2D eigenvalue weighted by Gasteiger charge is 2.39. The molecular formula is C43H44Cl2F2N4O10S. The maximum absolute atomic E-state index is 13.8. The van der Waals surface area contributed by atoms with Gasteiger partial charge in [0.25, 0.3) is 5.91 Å². The number of halogens is 4. The Labute approximate surface area is 367 Å². The average molecular weight is 918 g/mol. The number of fused-ring (bicyclic) bond motifs is 3. The topological polar surface area (TPSA) is 177 Å². The van der Waals surface area contributed by atoms with Gasteiger partial charge in [-0.3, -0.25) is 14.5 Å². The monoisotopic (exact) mass is 916 g/mol. The summed E-state index contributed by atoms with van der Waals surface area (Å²) in [5.41, 5.74) is 0.926. The first-order valence-electron chi connectivity index (χ1n) is 20.1. The van der Waals surface area contributed by atoms with Crippen molar-refractivity contribution >= 4 is 51.1 Å². The van der Waals surface area contributed by atoms with Crippen LogP contribution in [0.1, 0.15) is 71.3 Å². The number of carbonyl (C=O) groups is 3. The van der Waals surface area contributed by atoms with Crippen LogP contribution in [0.15, 0.2) is 90.1 Å². The Balaban J connectivity index is 1.01. The molecule has 8 rings (SSSR count). The van der Waals surface area contributed by atoms with Gasteiger partial charge in [-0.05, 0) is 92.1 Å². The van der Waals surface area contributed by atoms with Gasteiger partial charge in [-0.25, -0.2) is 13.2 Å². The van der Waals surface area contributed by atoms with Crippen molar-refractivity contribution in [3.05, 3.63) is 123 Å². The predicted octanol–water partition coefficient (Wildman–Crippen LogP) is 6.32. The van der Waals surface area contributed by atoms with Gasteiger partial charge in [0.2, 0.25) is 10.0 Å². The van der Waals surface area contributed by atoms with Crippen molar-refractivity contribution in [1.29, 1.82) is 0 Å². The molecule has 4 aromatic rings. The van der Waals surface area contributed by atoms with Crippen LogP contribution >= 0.6 is 23.2 Å². The molecule has 4 fully saturated rings. The van der Waals surface area contributed by atoms with E-state index in [1.165, 1.54) is 36.4 Å². The number of benzene rings is 3. The number of hydrogen-bond donors (Lipinski definition) is 2. The van der Waals surface area contributed by atoms with Gasteiger partial charge in [0, 0.05) is 30.6 Å². The van der Waals surface area contributed by atoms with Gasteiger partial charge in [0.1, 0.15) is 28.3 Å². The normalized spacial score (nSPS) is 19.3. The minimum absolute atomic E-state index is 0.00471. The quantitative estimate of drug-likeness (QED) is 0.0612. The number of aromatic nitrogens is 1. The minimum Gasteiger partial charge on any atom is -0.619 e. The van der Waals surface area contributed by atoms with Gasteiger partial charge in [0.05, 0.1) is 17.9 Å². The van der Waals surface area contributed by atoms with E-state index >= 15 is 0 Å². The fourth-order valence-electron chi connectivity index (χ4n) is 7.45. The molecule has 3 aromatic carbocycles. The smallest absolute Gasteiger partial charge is 0.387 e. The second kappa shape index (κ2) is 20.0. The second-order valence-corrected chi connectivity index (χ2v) is 18.0. The molecule has 330 valence electrons. The first-order valence-corrected chi connectivity index (χ1v) is 22.3. The Hall–Kier alpha value is -5.07. The number of nitrogens with zero attached hydrogens (tertiary/aromatic N) is 2. The lowest BCUT2D eigenvalue weighted by Crippen LogP contribution is -2.52. The summed E-state index contributed by atoms with van der Waals surface area (Å²) in [6, 6.07) is 16.3. The molecule has 4 aliphatic rings. The van der Waals surface area contributed by atoms with Gasteiger partial charge in [0.15, 0.2) is 23.9 Å². The Kier molecular flexibility index (Phi) is 14.5. The molecule has 1 unspecified atom stereocenters. The molecule has 1 aromatic heterocycles. The van der Waals surface area contributed by atoms with E-state index in [2.05, 4.69) is 19.7 Å². The van der Waals surface area contributed by atoms with E-state index in [4.69, 9.17) is 37.4 Å². The molecule has 3 atom stereocenters. The summed E-state index contributed by atoms with van der Waals surface area (Å²) in [6.07, 6.45) is 3.85. The number of piperidine rings is 3. The molecule has 1 saturated carbocycles. The summed E-state index contributed by atoms with van der Waals surface area (Å²) < 4.78 is 79.2. The number of rotatable bonds is 19. The highest BCUT2D eigenvalue weighted by atomic mass is 35.5. The van der Waals surface area contributed by atoms with Gasteiger partial charge in [-0.2, -0.15) is 18.2 Å². The first-order chi connectivity index (χ1) is 29.7. The lowest BCUT2D eigenvalue weighted by molar-refractivity contribution is -0.605. The van der Waals surface area contributed by atoms with Gasteiger partial charge in [-0.1, -0.05) is 65.7 Å². The van der Waals surface area contributed by atoms with Crippen molar-refractivity contribution in [3.63, 3.8) is 0 Å². The summed E-state index contributed by atoms with van der Waals surface area (Å²) >= 11 is 12.7. The van der Waals surface area contributed by atoms with Crippen LogP contribution in [-0.4, -0.2) is 76.7 Å². The standard InChI is InChI=1S/C43H44Cl2F2N4O10S/c44-33-22-51(55)23-34(45)32(33)21-36(29-11-12-35(61-43(46)47)37(20-29)58-25-26-9-10-26)59-39(52)13-16-48-41(53)30-7-4-8-31(19-30)62(56,57)49-40(28-5-2-1-3-6-28)42(54)60-38-24-50-17-14-27(38)15-18-50/h1-8,11-12,19-20,22-23,26-27,36,38,40,43,49H,9-10,13-18,21,24-25H2,(H,48,53)/t36-,38-,40?/m0/s1. The number of nitrogens with one attached hydrogen (secondary N) is 2. The summed E-state index contributed by atoms with van der Waals surface area (Å²) in [5, 5.41) is 14.5. The number of carbonyl (C=O) groups excluding carboxylic acids is 3. The Morgan fingerprint density at radius 1 is 0.903 bits per heavy atom. The van der Waals surface area contributed by atoms with Crippen molar-refractivity contribution in [2.75, 3.05) is 32.8 Å². The van der Waals surface area contributed by atoms with E-state index in [1.807, 2.05) is 0 Å². The van der Waals surface area contributed by atoms with Crippen LogP contribution in [0, 0.1) is 17.0 Å². The van der Waals surface area contributed by atoms with Crippen LogP contribution in [0.4, 0.5) is 8.78 Å². The molecule has 14 nitrogen and oxygen atoms in total. The third-order valence-corrected chi connectivity index (χ3v) is 13.0. The Bertz CT molecular complexity index is 2350. The maximum Gasteiger partial charge on any atom is 0.387 e. The van der Waals surface area contributed by atoms with Crippen molar-refractivity contribution in [1.82, 2.24) is 14.9 Å². The van der Waals surface area contributed by atoms with Crippen molar-refractivity contribution in [2.24, 2.45) is 11.8 Å². The molecule has 3 saturated heterocycles. The van der Waals surface area contributed by atoms with Crippen molar-refractivity contribution < 1.29 is 55.3 Å². The fourth-order valence-corrected chi connectivity index (χ4v) is 9.26. The zero-order valence-corrected chi connectivity index (χ0v) is 35.6. The Morgan fingerprint density at radius 3 is 2.29 bits per heavy atom. The van der Waals surface area contributed by atoms with Crippen LogP contribution in [0.5, 0.6) is 11.5 Å². The molecular weight excluding hydrogens is 873 g/mol. The number of hydrogen-bond acceptors (Lipinski definition) is 11. The molecule has 0 spiro atoms. The van der Waals surface area contributed by atoms with E-state index in [0.717, 1.165) is 57.2 Å². The first kappa shape index (κ1) is 45.0. The van der Waals surface area contributed by atoms with Gasteiger partial charge < -0.3 is 29.5 Å². The van der Waals surface area contributed by atoms with E-state index in [1.54, 1.807) is 30.3 Å². The second-order valence-electron chi connectivity index (χ2n) is 15.4. The maximum atomic E-state index is 13.8. The van der Waals surface area contributed by atoms with Crippen LogP contribution in [0.3, 0.4) is 0 Å². The Morgan fingerprint density at radius 2 is 1.63 bits per heavy atom. The predicted molar refractivity (Wildman–Crippen MR) is 221 cm³/mol.